The molecule has 1 unspecified atom stereocenters. The molecule has 0 radical (unpaired) electrons. The van der Waals surface area contributed by atoms with Gasteiger partial charge < -0.3 is 5.32 Å². The summed E-state index contributed by atoms with van der Waals surface area (Å²) >= 11 is 3.68. The van der Waals surface area contributed by atoms with Gasteiger partial charge in [0.15, 0.2) is 0 Å². The number of thioether (sulfide) groups is 1. The molecule has 0 saturated carbocycles. The number of fused-ring (bicyclic) bond motifs is 1. The topological polar surface area (TPSA) is 37.8 Å². The van der Waals surface area contributed by atoms with Crippen LogP contribution in [0.3, 0.4) is 0 Å². The molecule has 3 rings (SSSR count). The molecule has 0 aliphatic carbocycles. The summed E-state index contributed by atoms with van der Waals surface area (Å²) in [6, 6.07) is 8.63. The number of nitrogens with one attached hydrogen (secondary N) is 1. The quantitative estimate of drug-likeness (QED) is 0.932. The van der Waals surface area contributed by atoms with Gasteiger partial charge in [-0.2, -0.15) is 0 Å². The van der Waals surface area contributed by atoms with Crippen LogP contribution in [0.5, 0.6) is 0 Å². The molecule has 1 aliphatic heterocycles. The second-order valence-electron chi connectivity index (χ2n) is 4.29. The van der Waals surface area contributed by atoms with Crippen molar-refractivity contribution in [1.29, 1.82) is 0 Å². The van der Waals surface area contributed by atoms with Gasteiger partial charge in [-0.1, -0.05) is 18.2 Å². The molecule has 1 N–H and O–H groups in total. The first-order valence-corrected chi connectivity index (χ1v) is 7.87. The van der Waals surface area contributed by atoms with E-state index in [2.05, 4.69) is 39.8 Å². The second-order valence-corrected chi connectivity index (χ2v) is 6.44. The fraction of sp³-hybridized carbons (Fsp3) is 0.385. The Morgan fingerprint density at radius 2 is 2.22 bits per heavy atom. The summed E-state index contributed by atoms with van der Waals surface area (Å²) in [5.74, 6) is 1.53. The second kappa shape index (κ2) is 5.38. The van der Waals surface area contributed by atoms with Gasteiger partial charge >= 0.3 is 0 Å². The van der Waals surface area contributed by atoms with Crippen molar-refractivity contribution in [3.05, 3.63) is 39.8 Å². The van der Waals surface area contributed by atoms with Gasteiger partial charge in [0.25, 0.3) is 0 Å². The van der Waals surface area contributed by atoms with Crippen LogP contribution >= 0.6 is 23.1 Å². The molecule has 1 aliphatic rings. The van der Waals surface area contributed by atoms with E-state index in [-0.39, 0.29) is 0 Å². The Kier molecular flexibility index (Phi) is 3.63. The predicted octanol–water partition coefficient (Wildman–Crippen LogP) is 2.54. The molecule has 2 aromatic rings. The molecule has 0 fully saturated rings. The lowest BCUT2D eigenvalue weighted by Gasteiger charge is -2.05. The molecule has 0 saturated heterocycles. The third-order valence-corrected chi connectivity index (χ3v) is 5.35. The summed E-state index contributed by atoms with van der Waals surface area (Å²) in [4.78, 5) is 1.40. The SMILES string of the molecule is CNCCc1nnc(C2CSc3ccccc32)s1. The molecule has 5 heteroatoms. The van der Waals surface area contributed by atoms with E-state index in [1.54, 1.807) is 11.3 Å². The molecule has 94 valence electrons. The first-order chi connectivity index (χ1) is 8.88. The van der Waals surface area contributed by atoms with Crippen molar-refractivity contribution in [2.24, 2.45) is 0 Å². The molecule has 0 bridgehead atoms. The van der Waals surface area contributed by atoms with Crippen LogP contribution in [0.15, 0.2) is 29.2 Å². The van der Waals surface area contributed by atoms with Gasteiger partial charge in [0.2, 0.25) is 0 Å². The maximum absolute atomic E-state index is 4.38. The molecule has 1 atom stereocenters. The highest BCUT2D eigenvalue weighted by Crippen LogP contribution is 2.43. The average molecular weight is 277 g/mol. The average Bonchev–Trinajstić information content (AvgIpc) is 3.02. The van der Waals surface area contributed by atoms with Crippen molar-refractivity contribution in [1.82, 2.24) is 15.5 Å². The van der Waals surface area contributed by atoms with E-state index >= 15 is 0 Å². The van der Waals surface area contributed by atoms with E-state index in [1.165, 1.54) is 15.5 Å². The van der Waals surface area contributed by atoms with Crippen LogP contribution in [-0.4, -0.2) is 29.5 Å². The molecular formula is C13H15N3S2. The zero-order valence-corrected chi connectivity index (χ0v) is 11.9. The Bertz CT molecular complexity index is 539. The van der Waals surface area contributed by atoms with E-state index < -0.39 is 0 Å². The normalized spacial score (nSPS) is 17.9. The minimum absolute atomic E-state index is 0.437. The standard InChI is InChI=1S/C13H15N3S2/c1-14-7-6-12-15-16-13(18-12)10-8-17-11-5-3-2-4-9(10)11/h2-5,10,14H,6-8H2,1H3. The van der Waals surface area contributed by atoms with Crippen LogP contribution in [0.25, 0.3) is 0 Å². The predicted molar refractivity (Wildman–Crippen MR) is 76.5 cm³/mol. The van der Waals surface area contributed by atoms with Gasteiger partial charge in [0.1, 0.15) is 10.0 Å². The van der Waals surface area contributed by atoms with Crippen molar-refractivity contribution in [3.63, 3.8) is 0 Å². The van der Waals surface area contributed by atoms with Gasteiger partial charge in [-0.25, -0.2) is 0 Å². The molecule has 1 aromatic carbocycles. The van der Waals surface area contributed by atoms with Crippen LogP contribution < -0.4 is 5.32 Å². The largest absolute Gasteiger partial charge is 0.319 e. The van der Waals surface area contributed by atoms with Crippen LogP contribution in [0.4, 0.5) is 0 Å². The minimum atomic E-state index is 0.437. The van der Waals surface area contributed by atoms with E-state index in [1.807, 2.05) is 18.8 Å². The monoisotopic (exact) mass is 277 g/mol. The molecule has 18 heavy (non-hydrogen) atoms. The van der Waals surface area contributed by atoms with Crippen LogP contribution in [0.1, 0.15) is 21.5 Å². The molecule has 0 spiro atoms. The summed E-state index contributed by atoms with van der Waals surface area (Å²) in [6.45, 7) is 0.963. The Balaban J connectivity index is 1.82. The van der Waals surface area contributed by atoms with Gasteiger partial charge in [0, 0.05) is 29.5 Å². The molecule has 3 nitrogen and oxygen atoms in total. The number of hydrogen-bond donors (Lipinski definition) is 1. The van der Waals surface area contributed by atoms with Crippen LogP contribution in [0.2, 0.25) is 0 Å². The third-order valence-electron chi connectivity index (χ3n) is 3.07. The lowest BCUT2D eigenvalue weighted by molar-refractivity contribution is 0.775. The summed E-state index contributed by atoms with van der Waals surface area (Å²) in [6.07, 6.45) is 0.968. The highest BCUT2D eigenvalue weighted by atomic mass is 32.2. The van der Waals surface area contributed by atoms with Crippen molar-refractivity contribution < 1.29 is 0 Å². The van der Waals surface area contributed by atoms with E-state index in [9.17, 15) is 0 Å². The molecule has 0 amide bonds. The molecular weight excluding hydrogens is 262 g/mol. The summed E-state index contributed by atoms with van der Waals surface area (Å²) in [5, 5.41) is 14.1. The Hall–Kier alpha value is -0.910. The zero-order chi connectivity index (χ0) is 12.4. The number of likely N-dealkylation sites (N-methyl/N-ethyl adjacent to an activating group) is 1. The van der Waals surface area contributed by atoms with E-state index in [4.69, 9.17) is 0 Å². The summed E-state index contributed by atoms with van der Waals surface area (Å²) < 4.78 is 0. The summed E-state index contributed by atoms with van der Waals surface area (Å²) in [7, 11) is 1.96. The maximum Gasteiger partial charge on any atom is 0.125 e. The Morgan fingerprint density at radius 1 is 1.33 bits per heavy atom. The minimum Gasteiger partial charge on any atom is -0.319 e. The van der Waals surface area contributed by atoms with Gasteiger partial charge in [-0.3, -0.25) is 0 Å². The lowest BCUT2D eigenvalue weighted by atomic mass is 10.0. The highest BCUT2D eigenvalue weighted by molar-refractivity contribution is 7.99. The van der Waals surface area contributed by atoms with E-state index in [0.717, 1.165) is 23.7 Å². The first kappa shape index (κ1) is 12.1. The number of benzene rings is 1. The van der Waals surface area contributed by atoms with Crippen LogP contribution in [-0.2, 0) is 6.42 Å². The zero-order valence-electron chi connectivity index (χ0n) is 10.2. The third kappa shape index (κ3) is 2.30. The molecule has 2 heterocycles. The van der Waals surface area contributed by atoms with Gasteiger partial charge in [-0.05, 0) is 18.7 Å². The fourth-order valence-electron chi connectivity index (χ4n) is 2.11. The van der Waals surface area contributed by atoms with Gasteiger partial charge in [0.05, 0.1) is 0 Å². The Morgan fingerprint density at radius 3 is 3.11 bits per heavy atom. The Labute approximate surface area is 115 Å². The maximum atomic E-state index is 4.38. The summed E-state index contributed by atoms with van der Waals surface area (Å²) in [5.41, 5.74) is 1.42. The highest BCUT2D eigenvalue weighted by Gasteiger charge is 2.27. The molecule has 1 aromatic heterocycles. The van der Waals surface area contributed by atoms with Crippen LogP contribution in [0, 0.1) is 0 Å². The van der Waals surface area contributed by atoms with Gasteiger partial charge in [-0.15, -0.1) is 33.3 Å². The van der Waals surface area contributed by atoms with Crippen molar-refractivity contribution in [3.8, 4) is 0 Å². The smallest absolute Gasteiger partial charge is 0.125 e. The first-order valence-electron chi connectivity index (χ1n) is 6.07. The number of rotatable bonds is 4. The fourth-order valence-corrected chi connectivity index (χ4v) is 4.41. The van der Waals surface area contributed by atoms with E-state index in [0.29, 0.717) is 5.92 Å². The van der Waals surface area contributed by atoms with Crippen molar-refractivity contribution in [2.45, 2.75) is 17.2 Å². The van der Waals surface area contributed by atoms with Crippen molar-refractivity contribution >= 4 is 23.1 Å². The van der Waals surface area contributed by atoms with Crippen molar-refractivity contribution in [2.75, 3.05) is 19.3 Å². The number of hydrogen-bond acceptors (Lipinski definition) is 5. The number of aromatic nitrogens is 2. The lowest BCUT2D eigenvalue weighted by Crippen LogP contribution is -2.09. The number of nitrogens with zero attached hydrogens (tertiary/aromatic N) is 2.